The SMILES string of the molecule is CC(C)Oc1ccccc1NC(=O)c1nc(C(=O)N2CCCC2)n2c1CCCC2. The number of para-hydroxylation sites is 2. The summed E-state index contributed by atoms with van der Waals surface area (Å²) in [5.41, 5.74) is 1.82. The molecular weight excluding hydrogens is 368 g/mol. The predicted octanol–water partition coefficient (Wildman–Crippen LogP) is 3.49. The summed E-state index contributed by atoms with van der Waals surface area (Å²) >= 11 is 0. The first-order chi connectivity index (χ1) is 14.0. The standard InChI is InChI=1S/C22H28N4O3/c1-15(2)29-18-11-4-3-9-16(18)23-21(27)19-17-10-5-6-14-26(17)20(24-19)22(28)25-12-7-8-13-25/h3-4,9,11,15H,5-8,10,12-14H2,1-2H3,(H,23,27). The van der Waals surface area contributed by atoms with Crippen molar-refractivity contribution in [2.24, 2.45) is 0 Å². The van der Waals surface area contributed by atoms with Gasteiger partial charge in [-0.3, -0.25) is 9.59 Å². The Kier molecular flexibility index (Phi) is 5.56. The lowest BCUT2D eigenvalue weighted by atomic mass is 10.1. The predicted molar refractivity (Wildman–Crippen MR) is 110 cm³/mol. The lowest BCUT2D eigenvalue weighted by molar-refractivity contribution is 0.0774. The van der Waals surface area contributed by atoms with Gasteiger partial charge in [-0.15, -0.1) is 0 Å². The minimum absolute atomic E-state index is 0.00176. The summed E-state index contributed by atoms with van der Waals surface area (Å²) in [6.45, 7) is 6.16. The van der Waals surface area contributed by atoms with Crippen LogP contribution >= 0.6 is 0 Å². The van der Waals surface area contributed by atoms with Crippen LogP contribution in [0, 0.1) is 0 Å². The van der Waals surface area contributed by atoms with Crippen molar-refractivity contribution in [2.45, 2.75) is 58.6 Å². The summed E-state index contributed by atoms with van der Waals surface area (Å²) in [7, 11) is 0. The molecule has 3 heterocycles. The van der Waals surface area contributed by atoms with E-state index < -0.39 is 0 Å². The number of ether oxygens (including phenoxy) is 1. The molecule has 2 aliphatic rings. The first-order valence-electron chi connectivity index (χ1n) is 10.5. The van der Waals surface area contributed by atoms with Crippen LogP contribution in [-0.4, -0.2) is 45.5 Å². The van der Waals surface area contributed by atoms with Crippen molar-refractivity contribution >= 4 is 17.5 Å². The monoisotopic (exact) mass is 396 g/mol. The van der Waals surface area contributed by atoms with E-state index in [0.717, 1.165) is 57.4 Å². The molecule has 29 heavy (non-hydrogen) atoms. The Morgan fingerprint density at radius 2 is 1.79 bits per heavy atom. The number of hydrogen-bond donors (Lipinski definition) is 1. The summed E-state index contributed by atoms with van der Waals surface area (Å²) < 4.78 is 7.76. The molecule has 2 amide bonds. The fourth-order valence-electron chi connectivity index (χ4n) is 4.06. The molecule has 2 aliphatic heterocycles. The van der Waals surface area contributed by atoms with Gasteiger partial charge in [0.25, 0.3) is 11.8 Å². The highest BCUT2D eigenvalue weighted by Crippen LogP contribution is 2.27. The van der Waals surface area contributed by atoms with Crippen molar-refractivity contribution in [3.8, 4) is 5.75 Å². The second kappa shape index (κ2) is 8.27. The summed E-state index contributed by atoms with van der Waals surface area (Å²) in [5.74, 6) is 0.667. The smallest absolute Gasteiger partial charge is 0.289 e. The van der Waals surface area contributed by atoms with Crippen LogP contribution in [0.15, 0.2) is 24.3 Å². The number of anilines is 1. The summed E-state index contributed by atoms with van der Waals surface area (Å²) in [5, 5.41) is 2.94. The molecule has 1 aromatic heterocycles. The van der Waals surface area contributed by atoms with Crippen LogP contribution in [0.1, 0.15) is 66.3 Å². The number of fused-ring (bicyclic) bond motifs is 1. The molecule has 0 radical (unpaired) electrons. The largest absolute Gasteiger partial charge is 0.489 e. The quantitative estimate of drug-likeness (QED) is 0.839. The number of aromatic nitrogens is 2. The number of hydrogen-bond acceptors (Lipinski definition) is 4. The van der Waals surface area contributed by atoms with Crippen molar-refractivity contribution < 1.29 is 14.3 Å². The van der Waals surface area contributed by atoms with Gasteiger partial charge in [-0.1, -0.05) is 12.1 Å². The molecule has 1 N–H and O–H groups in total. The summed E-state index contributed by atoms with van der Waals surface area (Å²) in [4.78, 5) is 32.5. The number of likely N-dealkylation sites (tertiary alicyclic amines) is 1. The van der Waals surface area contributed by atoms with Crippen LogP contribution in [-0.2, 0) is 13.0 Å². The molecule has 1 fully saturated rings. The zero-order chi connectivity index (χ0) is 20.4. The molecule has 0 saturated carbocycles. The molecule has 2 aromatic rings. The van der Waals surface area contributed by atoms with Crippen molar-refractivity contribution in [1.29, 1.82) is 0 Å². The molecule has 7 heteroatoms. The highest BCUT2D eigenvalue weighted by atomic mass is 16.5. The Labute approximate surface area is 171 Å². The summed E-state index contributed by atoms with van der Waals surface area (Å²) in [6.07, 6.45) is 4.80. The van der Waals surface area contributed by atoms with Gasteiger partial charge in [0.2, 0.25) is 0 Å². The molecular formula is C22H28N4O3. The maximum Gasteiger partial charge on any atom is 0.289 e. The van der Waals surface area contributed by atoms with E-state index in [2.05, 4.69) is 10.3 Å². The van der Waals surface area contributed by atoms with Crippen molar-refractivity contribution in [3.05, 3.63) is 41.5 Å². The summed E-state index contributed by atoms with van der Waals surface area (Å²) in [6, 6.07) is 7.38. The molecule has 4 rings (SSSR count). The van der Waals surface area contributed by atoms with E-state index >= 15 is 0 Å². The van der Waals surface area contributed by atoms with Crippen LogP contribution < -0.4 is 10.1 Å². The second-order valence-electron chi connectivity index (χ2n) is 7.96. The normalized spacial score (nSPS) is 16.0. The highest BCUT2D eigenvalue weighted by Gasteiger charge is 2.31. The molecule has 7 nitrogen and oxygen atoms in total. The molecule has 154 valence electrons. The molecule has 0 bridgehead atoms. The Bertz CT molecular complexity index is 913. The average Bonchev–Trinajstić information content (AvgIpc) is 3.37. The van der Waals surface area contributed by atoms with Gasteiger partial charge in [0, 0.05) is 19.6 Å². The van der Waals surface area contributed by atoms with Crippen molar-refractivity contribution in [1.82, 2.24) is 14.5 Å². The van der Waals surface area contributed by atoms with Crippen LogP contribution in [0.3, 0.4) is 0 Å². The molecule has 1 saturated heterocycles. The minimum atomic E-state index is -0.295. The second-order valence-corrected chi connectivity index (χ2v) is 7.96. The van der Waals surface area contributed by atoms with Gasteiger partial charge in [-0.25, -0.2) is 4.98 Å². The zero-order valence-corrected chi connectivity index (χ0v) is 17.1. The van der Waals surface area contributed by atoms with E-state index in [-0.39, 0.29) is 17.9 Å². The molecule has 0 atom stereocenters. The highest BCUT2D eigenvalue weighted by molar-refractivity contribution is 6.05. The van der Waals surface area contributed by atoms with Gasteiger partial charge in [0.1, 0.15) is 5.75 Å². The third-order valence-electron chi connectivity index (χ3n) is 5.42. The van der Waals surface area contributed by atoms with E-state index in [0.29, 0.717) is 23.0 Å². The number of amides is 2. The third-order valence-corrected chi connectivity index (χ3v) is 5.42. The molecule has 1 aromatic carbocycles. The lowest BCUT2D eigenvalue weighted by Gasteiger charge is -2.19. The third kappa shape index (κ3) is 3.99. The topological polar surface area (TPSA) is 76.5 Å². The number of benzene rings is 1. The molecule has 0 aliphatic carbocycles. The Hall–Kier alpha value is -2.83. The van der Waals surface area contributed by atoms with E-state index in [1.165, 1.54) is 0 Å². The van der Waals surface area contributed by atoms with Crippen LogP contribution in [0.5, 0.6) is 5.75 Å². The Morgan fingerprint density at radius 1 is 1.07 bits per heavy atom. The Morgan fingerprint density at radius 3 is 2.55 bits per heavy atom. The van der Waals surface area contributed by atoms with Gasteiger partial charge < -0.3 is 19.5 Å². The number of carbonyl (C=O) groups is 2. The maximum absolute atomic E-state index is 13.1. The van der Waals surface area contributed by atoms with Gasteiger partial charge in [0.05, 0.1) is 17.5 Å². The van der Waals surface area contributed by atoms with Crippen molar-refractivity contribution in [3.63, 3.8) is 0 Å². The Balaban J connectivity index is 1.63. The first kappa shape index (κ1) is 19.5. The average molecular weight is 396 g/mol. The minimum Gasteiger partial charge on any atom is -0.489 e. The number of nitrogens with zero attached hydrogens (tertiary/aromatic N) is 3. The van der Waals surface area contributed by atoms with Crippen LogP contribution in [0.4, 0.5) is 5.69 Å². The van der Waals surface area contributed by atoms with E-state index in [4.69, 9.17) is 4.74 Å². The van der Waals surface area contributed by atoms with E-state index in [1.54, 1.807) is 0 Å². The first-order valence-corrected chi connectivity index (χ1v) is 10.5. The molecule has 0 unspecified atom stereocenters. The fraction of sp³-hybridized carbons (Fsp3) is 0.500. The van der Waals surface area contributed by atoms with E-state index in [1.807, 2.05) is 47.6 Å². The fourth-order valence-corrected chi connectivity index (χ4v) is 4.06. The van der Waals surface area contributed by atoms with Gasteiger partial charge in [0.15, 0.2) is 11.5 Å². The maximum atomic E-state index is 13.1. The zero-order valence-electron chi connectivity index (χ0n) is 17.1. The van der Waals surface area contributed by atoms with Crippen LogP contribution in [0.25, 0.3) is 0 Å². The van der Waals surface area contributed by atoms with Gasteiger partial charge in [-0.2, -0.15) is 0 Å². The van der Waals surface area contributed by atoms with Gasteiger partial charge >= 0.3 is 0 Å². The lowest BCUT2D eigenvalue weighted by Crippen LogP contribution is -2.31. The van der Waals surface area contributed by atoms with Crippen molar-refractivity contribution in [2.75, 3.05) is 18.4 Å². The van der Waals surface area contributed by atoms with Crippen LogP contribution in [0.2, 0.25) is 0 Å². The van der Waals surface area contributed by atoms with Gasteiger partial charge in [-0.05, 0) is 58.1 Å². The number of imidazole rings is 1. The van der Waals surface area contributed by atoms with E-state index in [9.17, 15) is 9.59 Å². The number of nitrogens with one attached hydrogen (secondary N) is 1. The number of carbonyl (C=O) groups excluding carboxylic acids is 2. The molecule has 0 spiro atoms. The number of rotatable bonds is 5.